The molecule has 2 unspecified atom stereocenters. The summed E-state index contributed by atoms with van der Waals surface area (Å²) >= 11 is 0. The van der Waals surface area contributed by atoms with E-state index in [4.69, 9.17) is 5.73 Å². The first-order chi connectivity index (χ1) is 7.07. The molecule has 1 saturated heterocycles. The van der Waals surface area contributed by atoms with Gasteiger partial charge in [0.15, 0.2) is 0 Å². The Hall–Kier alpha value is -0.610. The molecule has 4 heteroatoms. The van der Waals surface area contributed by atoms with Gasteiger partial charge < -0.3 is 10.6 Å². The fourth-order valence-corrected chi connectivity index (χ4v) is 1.92. The van der Waals surface area contributed by atoms with E-state index in [0.29, 0.717) is 6.54 Å². The summed E-state index contributed by atoms with van der Waals surface area (Å²) in [7, 11) is 1.97. The van der Waals surface area contributed by atoms with Gasteiger partial charge in [0.1, 0.15) is 0 Å². The van der Waals surface area contributed by atoms with Crippen molar-refractivity contribution in [1.82, 2.24) is 9.80 Å². The topological polar surface area (TPSA) is 49.6 Å². The van der Waals surface area contributed by atoms with Crippen LogP contribution in [0.1, 0.15) is 26.7 Å². The summed E-state index contributed by atoms with van der Waals surface area (Å²) < 4.78 is 0. The number of hydrogen-bond donors (Lipinski definition) is 1. The average molecular weight is 213 g/mol. The Balaban J connectivity index is 2.50. The molecule has 1 aliphatic heterocycles. The van der Waals surface area contributed by atoms with Crippen molar-refractivity contribution in [3.63, 3.8) is 0 Å². The number of rotatable bonds is 4. The van der Waals surface area contributed by atoms with Gasteiger partial charge in [-0.2, -0.15) is 0 Å². The molecule has 0 aromatic heterocycles. The van der Waals surface area contributed by atoms with Crippen molar-refractivity contribution in [3.8, 4) is 0 Å². The van der Waals surface area contributed by atoms with Crippen LogP contribution >= 0.6 is 0 Å². The van der Waals surface area contributed by atoms with Crippen molar-refractivity contribution in [2.75, 3.05) is 26.7 Å². The van der Waals surface area contributed by atoms with Gasteiger partial charge in [-0.25, -0.2) is 0 Å². The number of likely N-dealkylation sites (tertiary alicyclic amines) is 1. The van der Waals surface area contributed by atoms with Crippen LogP contribution in [0.3, 0.4) is 0 Å². The van der Waals surface area contributed by atoms with Crippen molar-refractivity contribution in [3.05, 3.63) is 0 Å². The van der Waals surface area contributed by atoms with E-state index in [1.807, 2.05) is 25.8 Å². The Morgan fingerprint density at radius 3 is 2.40 bits per heavy atom. The number of likely N-dealkylation sites (N-methyl/N-ethyl adjacent to an activating group) is 1. The van der Waals surface area contributed by atoms with Crippen molar-refractivity contribution in [1.29, 1.82) is 0 Å². The number of carbonyl (C=O) groups is 1. The lowest BCUT2D eigenvalue weighted by atomic mass is 10.2. The molecule has 2 N–H and O–H groups in total. The normalized spacial score (nSPS) is 20.7. The van der Waals surface area contributed by atoms with E-state index in [1.54, 1.807) is 0 Å². The van der Waals surface area contributed by atoms with E-state index in [-0.39, 0.29) is 18.0 Å². The lowest BCUT2D eigenvalue weighted by Crippen LogP contribution is -2.49. The third kappa shape index (κ3) is 2.92. The van der Waals surface area contributed by atoms with E-state index in [0.717, 1.165) is 25.9 Å². The van der Waals surface area contributed by atoms with Gasteiger partial charge in [-0.05, 0) is 33.7 Å². The standard InChI is InChI=1S/C11H23N3O/c1-9(8-12)13(3)10(2)11(15)14-6-4-5-7-14/h9-10H,4-8,12H2,1-3H3. The van der Waals surface area contributed by atoms with Gasteiger partial charge in [-0.15, -0.1) is 0 Å². The van der Waals surface area contributed by atoms with Crippen molar-refractivity contribution in [2.45, 2.75) is 38.8 Å². The van der Waals surface area contributed by atoms with E-state index in [2.05, 4.69) is 4.90 Å². The van der Waals surface area contributed by atoms with Gasteiger partial charge in [0, 0.05) is 25.7 Å². The first-order valence-electron chi connectivity index (χ1n) is 5.78. The molecule has 1 rings (SSSR count). The van der Waals surface area contributed by atoms with Crippen LogP contribution in [0, 0.1) is 0 Å². The lowest BCUT2D eigenvalue weighted by Gasteiger charge is -2.31. The summed E-state index contributed by atoms with van der Waals surface area (Å²) in [4.78, 5) is 16.1. The number of nitrogens with two attached hydrogens (primary N) is 1. The van der Waals surface area contributed by atoms with Gasteiger partial charge in [-0.1, -0.05) is 0 Å². The molecule has 1 fully saturated rings. The highest BCUT2D eigenvalue weighted by molar-refractivity contribution is 5.81. The zero-order valence-electron chi connectivity index (χ0n) is 10.1. The van der Waals surface area contributed by atoms with Crippen LogP contribution in [-0.4, -0.2) is 54.5 Å². The molecule has 1 aliphatic rings. The van der Waals surface area contributed by atoms with Crippen LogP contribution in [0.4, 0.5) is 0 Å². The SMILES string of the molecule is CC(CN)N(C)C(C)C(=O)N1CCCC1. The molecular formula is C11H23N3O. The van der Waals surface area contributed by atoms with Crippen LogP contribution in [0.5, 0.6) is 0 Å². The lowest BCUT2D eigenvalue weighted by molar-refractivity contribution is -0.135. The van der Waals surface area contributed by atoms with E-state index < -0.39 is 0 Å². The zero-order chi connectivity index (χ0) is 11.4. The smallest absolute Gasteiger partial charge is 0.239 e. The van der Waals surface area contributed by atoms with E-state index in [9.17, 15) is 4.79 Å². The van der Waals surface area contributed by atoms with Gasteiger partial charge >= 0.3 is 0 Å². The van der Waals surface area contributed by atoms with Crippen LogP contribution < -0.4 is 5.73 Å². The molecule has 1 amide bonds. The molecule has 15 heavy (non-hydrogen) atoms. The summed E-state index contributed by atoms with van der Waals surface area (Å²) in [5, 5.41) is 0. The maximum absolute atomic E-state index is 12.1. The number of amides is 1. The quantitative estimate of drug-likeness (QED) is 0.729. The molecule has 0 bridgehead atoms. The first-order valence-corrected chi connectivity index (χ1v) is 5.78. The molecule has 0 aromatic rings. The Morgan fingerprint density at radius 1 is 1.40 bits per heavy atom. The minimum atomic E-state index is -0.0540. The van der Waals surface area contributed by atoms with Gasteiger partial charge in [0.2, 0.25) is 5.91 Å². The van der Waals surface area contributed by atoms with Crippen molar-refractivity contribution in [2.24, 2.45) is 5.73 Å². The Morgan fingerprint density at radius 2 is 1.93 bits per heavy atom. The predicted octanol–water partition coefficient (Wildman–Crippen LogP) is 0.276. The van der Waals surface area contributed by atoms with Crippen LogP contribution in [0.2, 0.25) is 0 Å². The van der Waals surface area contributed by atoms with Gasteiger partial charge in [0.05, 0.1) is 6.04 Å². The second kappa shape index (κ2) is 5.47. The fraction of sp³-hybridized carbons (Fsp3) is 0.909. The number of nitrogens with zero attached hydrogens (tertiary/aromatic N) is 2. The van der Waals surface area contributed by atoms with Crippen molar-refractivity contribution < 1.29 is 4.79 Å². The average Bonchev–Trinajstić information content (AvgIpc) is 2.78. The molecule has 4 nitrogen and oxygen atoms in total. The minimum absolute atomic E-state index is 0.0540. The van der Waals surface area contributed by atoms with Crippen LogP contribution in [-0.2, 0) is 4.79 Å². The second-order valence-electron chi connectivity index (χ2n) is 4.46. The Labute approximate surface area is 92.4 Å². The molecule has 0 saturated carbocycles. The number of carbonyl (C=O) groups excluding carboxylic acids is 1. The predicted molar refractivity (Wildman–Crippen MR) is 61.6 cm³/mol. The summed E-state index contributed by atoms with van der Waals surface area (Å²) in [6, 6.07) is 0.202. The highest BCUT2D eigenvalue weighted by Gasteiger charge is 2.27. The van der Waals surface area contributed by atoms with Gasteiger partial charge in [-0.3, -0.25) is 9.69 Å². The van der Waals surface area contributed by atoms with Crippen LogP contribution in [0.25, 0.3) is 0 Å². The fourth-order valence-electron chi connectivity index (χ4n) is 1.92. The summed E-state index contributed by atoms with van der Waals surface area (Å²) in [6.07, 6.45) is 2.29. The maximum Gasteiger partial charge on any atom is 0.239 e. The van der Waals surface area contributed by atoms with E-state index in [1.165, 1.54) is 0 Å². The first kappa shape index (κ1) is 12.5. The number of hydrogen-bond acceptors (Lipinski definition) is 3. The van der Waals surface area contributed by atoms with Crippen LogP contribution in [0.15, 0.2) is 0 Å². The molecule has 2 atom stereocenters. The molecule has 88 valence electrons. The molecule has 1 heterocycles. The Kier molecular flexibility index (Phi) is 4.54. The zero-order valence-corrected chi connectivity index (χ0v) is 10.1. The largest absolute Gasteiger partial charge is 0.341 e. The molecule has 0 aliphatic carbocycles. The third-order valence-electron chi connectivity index (χ3n) is 3.42. The van der Waals surface area contributed by atoms with Gasteiger partial charge in [0.25, 0.3) is 0 Å². The molecule has 0 radical (unpaired) electrons. The maximum atomic E-state index is 12.1. The third-order valence-corrected chi connectivity index (χ3v) is 3.42. The summed E-state index contributed by atoms with van der Waals surface area (Å²) in [5.74, 6) is 0.246. The Bertz CT molecular complexity index is 214. The highest BCUT2D eigenvalue weighted by atomic mass is 16.2. The highest BCUT2D eigenvalue weighted by Crippen LogP contribution is 2.12. The minimum Gasteiger partial charge on any atom is -0.341 e. The van der Waals surface area contributed by atoms with E-state index >= 15 is 0 Å². The summed E-state index contributed by atoms with van der Waals surface area (Å²) in [6.45, 7) is 6.46. The van der Waals surface area contributed by atoms with Crippen molar-refractivity contribution >= 4 is 5.91 Å². The monoisotopic (exact) mass is 213 g/mol. The molecular weight excluding hydrogens is 190 g/mol. The summed E-state index contributed by atoms with van der Waals surface area (Å²) in [5.41, 5.74) is 5.60. The molecule has 0 spiro atoms. The second-order valence-corrected chi connectivity index (χ2v) is 4.46. The molecule has 0 aromatic carbocycles.